The van der Waals surface area contributed by atoms with Gasteiger partial charge in [0.05, 0.1) is 19.8 Å². The van der Waals surface area contributed by atoms with E-state index in [1.54, 1.807) is 18.9 Å². The van der Waals surface area contributed by atoms with Crippen LogP contribution in [-0.4, -0.2) is 61.5 Å². The molecule has 0 fully saturated rings. The molecule has 0 aliphatic carbocycles. The number of ether oxygens (including phenoxy) is 2. The quantitative estimate of drug-likeness (QED) is 0.531. The Morgan fingerprint density at radius 1 is 1.28 bits per heavy atom. The maximum atomic E-state index is 10.8. The van der Waals surface area contributed by atoms with Gasteiger partial charge in [0.2, 0.25) is 5.91 Å². The Hall–Kier alpha value is -0.790. The minimum atomic E-state index is -0.998. The second-order valence-electron chi connectivity index (χ2n) is 3.60. The lowest BCUT2D eigenvalue weighted by atomic mass is 10.2. The first-order chi connectivity index (χ1) is 8.57. The maximum Gasteiger partial charge on any atom is 0.326 e. The van der Waals surface area contributed by atoms with E-state index in [0.717, 1.165) is 5.75 Å². The molecule has 7 heteroatoms. The van der Waals surface area contributed by atoms with Crippen molar-refractivity contribution in [1.82, 2.24) is 5.32 Å². The number of carboxylic acid groups (broad SMARTS) is 1. The Balaban J connectivity index is 3.49. The average Bonchev–Trinajstić information content (AvgIpc) is 2.30. The fraction of sp³-hybridized carbons (Fsp3) is 0.818. The van der Waals surface area contributed by atoms with Crippen LogP contribution in [0.3, 0.4) is 0 Å². The number of methoxy groups -OCH3 is 1. The van der Waals surface area contributed by atoms with Gasteiger partial charge < -0.3 is 19.9 Å². The smallest absolute Gasteiger partial charge is 0.326 e. The van der Waals surface area contributed by atoms with E-state index in [1.807, 2.05) is 0 Å². The van der Waals surface area contributed by atoms with Crippen LogP contribution < -0.4 is 5.32 Å². The lowest BCUT2D eigenvalue weighted by Gasteiger charge is -2.12. The first-order valence-electron chi connectivity index (χ1n) is 5.72. The van der Waals surface area contributed by atoms with E-state index in [0.29, 0.717) is 32.0 Å². The molecule has 0 rings (SSSR count). The summed E-state index contributed by atoms with van der Waals surface area (Å²) in [6.07, 6.45) is 0.414. The number of amides is 1. The van der Waals surface area contributed by atoms with Crippen molar-refractivity contribution >= 4 is 23.6 Å². The predicted molar refractivity (Wildman–Crippen MR) is 69.9 cm³/mol. The summed E-state index contributed by atoms with van der Waals surface area (Å²) in [5.74, 6) is 0.151. The van der Waals surface area contributed by atoms with Crippen molar-refractivity contribution in [2.24, 2.45) is 0 Å². The summed E-state index contributed by atoms with van der Waals surface area (Å²) in [4.78, 5) is 21.6. The molecular formula is C11H21NO5S. The largest absolute Gasteiger partial charge is 0.480 e. The predicted octanol–water partition coefficient (Wildman–Crippen LogP) is 0.362. The van der Waals surface area contributed by atoms with Crippen molar-refractivity contribution in [3.05, 3.63) is 0 Å². The summed E-state index contributed by atoms with van der Waals surface area (Å²) in [7, 11) is 1.62. The number of hydrogen-bond donors (Lipinski definition) is 2. The molecule has 1 unspecified atom stereocenters. The van der Waals surface area contributed by atoms with Crippen LogP contribution in [0, 0.1) is 0 Å². The van der Waals surface area contributed by atoms with E-state index in [1.165, 1.54) is 6.92 Å². The Kier molecular flexibility index (Phi) is 10.8. The van der Waals surface area contributed by atoms with E-state index < -0.39 is 12.0 Å². The van der Waals surface area contributed by atoms with Gasteiger partial charge in [-0.05, 0) is 12.2 Å². The van der Waals surface area contributed by atoms with E-state index in [2.05, 4.69) is 5.32 Å². The number of carbonyl (C=O) groups is 2. The molecule has 106 valence electrons. The van der Waals surface area contributed by atoms with E-state index >= 15 is 0 Å². The molecule has 1 amide bonds. The summed E-state index contributed by atoms with van der Waals surface area (Å²) in [5, 5.41) is 11.3. The van der Waals surface area contributed by atoms with Gasteiger partial charge in [-0.1, -0.05) is 0 Å². The average molecular weight is 279 g/mol. The molecular weight excluding hydrogens is 258 g/mol. The summed E-state index contributed by atoms with van der Waals surface area (Å²) in [5.41, 5.74) is 0. The molecule has 6 nitrogen and oxygen atoms in total. The number of carbonyl (C=O) groups excluding carboxylic acids is 1. The Bertz CT molecular complexity index is 250. The van der Waals surface area contributed by atoms with Crippen molar-refractivity contribution < 1.29 is 24.2 Å². The number of rotatable bonds is 11. The second kappa shape index (κ2) is 11.3. The molecule has 0 heterocycles. The van der Waals surface area contributed by atoms with Crippen molar-refractivity contribution in [1.29, 1.82) is 0 Å². The Morgan fingerprint density at radius 3 is 2.56 bits per heavy atom. The molecule has 0 aromatic carbocycles. The highest BCUT2D eigenvalue weighted by molar-refractivity contribution is 7.99. The molecule has 1 atom stereocenters. The fourth-order valence-corrected chi connectivity index (χ4v) is 2.01. The molecule has 0 aromatic rings. The Morgan fingerprint density at radius 2 is 2.00 bits per heavy atom. The van der Waals surface area contributed by atoms with Crippen LogP contribution in [0.2, 0.25) is 0 Å². The second-order valence-corrected chi connectivity index (χ2v) is 4.82. The van der Waals surface area contributed by atoms with Gasteiger partial charge in [-0.25, -0.2) is 4.79 Å². The minimum Gasteiger partial charge on any atom is -0.480 e. The van der Waals surface area contributed by atoms with Gasteiger partial charge >= 0.3 is 5.97 Å². The van der Waals surface area contributed by atoms with Crippen LogP contribution in [-0.2, 0) is 19.1 Å². The van der Waals surface area contributed by atoms with Gasteiger partial charge in [-0.2, -0.15) is 11.8 Å². The molecule has 0 radical (unpaired) electrons. The van der Waals surface area contributed by atoms with Crippen molar-refractivity contribution in [3.63, 3.8) is 0 Å². The van der Waals surface area contributed by atoms with Crippen molar-refractivity contribution in [2.45, 2.75) is 19.4 Å². The number of carboxylic acids is 1. The number of hydrogen-bond acceptors (Lipinski definition) is 5. The molecule has 0 aliphatic heterocycles. The van der Waals surface area contributed by atoms with Gasteiger partial charge in [0.1, 0.15) is 6.04 Å². The number of aliphatic carboxylic acids is 1. The van der Waals surface area contributed by atoms with Crippen LogP contribution in [0.5, 0.6) is 0 Å². The van der Waals surface area contributed by atoms with Crippen LogP contribution in [0.25, 0.3) is 0 Å². The number of nitrogens with one attached hydrogen (secondary N) is 1. The molecule has 0 saturated carbocycles. The molecule has 0 bridgehead atoms. The third-order valence-corrected chi connectivity index (χ3v) is 3.01. The molecule has 2 N–H and O–H groups in total. The molecule has 0 saturated heterocycles. The van der Waals surface area contributed by atoms with Gasteiger partial charge in [0.25, 0.3) is 0 Å². The van der Waals surface area contributed by atoms with Crippen LogP contribution in [0.15, 0.2) is 0 Å². The molecule has 0 aromatic heterocycles. The number of thioether (sulfide) groups is 1. The first kappa shape index (κ1) is 17.2. The van der Waals surface area contributed by atoms with E-state index in [9.17, 15) is 9.59 Å². The zero-order valence-electron chi connectivity index (χ0n) is 10.8. The Labute approximate surface area is 111 Å². The maximum absolute atomic E-state index is 10.8. The summed E-state index contributed by atoms with van der Waals surface area (Å²) >= 11 is 1.60. The van der Waals surface area contributed by atoms with E-state index in [-0.39, 0.29) is 5.91 Å². The molecule has 0 spiro atoms. The highest BCUT2D eigenvalue weighted by Gasteiger charge is 2.17. The highest BCUT2D eigenvalue weighted by Crippen LogP contribution is 2.05. The summed E-state index contributed by atoms with van der Waals surface area (Å²) < 4.78 is 10.1. The zero-order valence-corrected chi connectivity index (χ0v) is 11.6. The summed E-state index contributed by atoms with van der Waals surface area (Å²) in [6.45, 7) is 3.08. The van der Waals surface area contributed by atoms with Gasteiger partial charge in [0.15, 0.2) is 0 Å². The van der Waals surface area contributed by atoms with Crippen LogP contribution >= 0.6 is 11.8 Å². The monoisotopic (exact) mass is 279 g/mol. The lowest BCUT2D eigenvalue weighted by molar-refractivity contribution is -0.141. The van der Waals surface area contributed by atoms with E-state index in [4.69, 9.17) is 14.6 Å². The zero-order chi connectivity index (χ0) is 13.8. The van der Waals surface area contributed by atoms with Crippen molar-refractivity contribution in [2.75, 3.05) is 38.4 Å². The minimum absolute atomic E-state index is 0.324. The van der Waals surface area contributed by atoms with Gasteiger partial charge in [-0.15, -0.1) is 0 Å². The molecule has 0 aliphatic rings. The van der Waals surface area contributed by atoms with Gasteiger partial charge in [-0.3, -0.25) is 4.79 Å². The SMILES string of the molecule is COCCOCCSCCC(NC(C)=O)C(=O)O. The summed E-state index contributed by atoms with van der Waals surface area (Å²) in [6, 6.07) is -0.801. The topological polar surface area (TPSA) is 84.9 Å². The highest BCUT2D eigenvalue weighted by atomic mass is 32.2. The van der Waals surface area contributed by atoms with Crippen molar-refractivity contribution in [3.8, 4) is 0 Å². The molecule has 18 heavy (non-hydrogen) atoms. The third kappa shape index (κ3) is 10.4. The first-order valence-corrected chi connectivity index (χ1v) is 6.87. The standard InChI is InChI=1S/C11H21NO5S/c1-9(13)12-10(11(14)15)3-7-18-8-6-17-5-4-16-2/h10H,3-8H2,1-2H3,(H,12,13)(H,14,15). The fourth-order valence-electron chi connectivity index (χ4n) is 1.17. The third-order valence-electron chi connectivity index (χ3n) is 2.03. The van der Waals surface area contributed by atoms with Crippen LogP contribution in [0.4, 0.5) is 0 Å². The normalized spacial score (nSPS) is 12.1. The van der Waals surface area contributed by atoms with Crippen LogP contribution in [0.1, 0.15) is 13.3 Å². The lowest BCUT2D eigenvalue weighted by Crippen LogP contribution is -2.39. The van der Waals surface area contributed by atoms with Gasteiger partial charge in [0, 0.05) is 19.8 Å².